The fourth-order valence-electron chi connectivity index (χ4n) is 1.83. The molecule has 0 aliphatic rings. The molecule has 0 aliphatic heterocycles. The van der Waals surface area contributed by atoms with Crippen LogP contribution in [0.1, 0.15) is 36.6 Å². The Hall–Kier alpha value is -1.94. The molecule has 1 aromatic heterocycles. The number of benzene rings is 1. The molecule has 0 unspecified atom stereocenters. The number of aromatic nitrogens is 1. The van der Waals surface area contributed by atoms with E-state index >= 15 is 0 Å². The molecule has 2 aromatic rings. The molecule has 1 aromatic carbocycles. The zero-order valence-electron chi connectivity index (χ0n) is 11.9. The van der Waals surface area contributed by atoms with Crippen LogP contribution in [0.5, 0.6) is 11.6 Å². The standard InChI is InChI=1S/C16H18N2OS/c1-10(2)12-5-7-13(8-6-12)19-16-14(15(17)20)9-4-11(3)18-16/h4-10H,1-3H3,(H2,17,20). The molecule has 0 radical (unpaired) electrons. The highest BCUT2D eigenvalue weighted by molar-refractivity contribution is 7.80. The second kappa shape index (κ2) is 6.01. The lowest BCUT2D eigenvalue weighted by Crippen LogP contribution is -2.12. The quantitative estimate of drug-likeness (QED) is 0.865. The van der Waals surface area contributed by atoms with Crippen LogP contribution < -0.4 is 10.5 Å². The van der Waals surface area contributed by atoms with E-state index in [1.54, 1.807) is 0 Å². The Kier molecular flexibility index (Phi) is 4.35. The molecule has 0 atom stereocenters. The number of hydrogen-bond donors (Lipinski definition) is 1. The minimum absolute atomic E-state index is 0.284. The first-order valence-electron chi connectivity index (χ1n) is 6.52. The Morgan fingerprint density at radius 1 is 1.15 bits per heavy atom. The summed E-state index contributed by atoms with van der Waals surface area (Å²) in [6.45, 7) is 6.21. The fraction of sp³-hybridized carbons (Fsp3) is 0.250. The lowest BCUT2D eigenvalue weighted by Gasteiger charge is -2.11. The van der Waals surface area contributed by atoms with Gasteiger partial charge in [0.05, 0.1) is 5.56 Å². The smallest absolute Gasteiger partial charge is 0.229 e. The normalized spacial score (nSPS) is 10.6. The molecular formula is C16H18N2OS. The Bertz CT molecular complexity index is 621. The van der Waals surface area contributed by atoms with Crippen LogP contribution in [0.15, 0.2) is 36.4 Å². The van der Waals surface area contributed by atoms with E-state index in [9.17, 15) is 0 Å². The topological polar surface area (TPSA) is 48.1 Å². The van der Waals surface area contributed by atoms with Gasteiger partial charge < -0.3 is 10.5 Å². The van der Waals surface area contributed by atoms with Crippen molar-refractivity contribution in [2.45, 2.75) is 26.7 Å². The van der Waals surface area contributed by atoms with Crippen molar-refractivity contribution in [2.75, 3.05) is 0 Å². The average Bonchev–Trinajstić information content (AvgIpc) is 2.39. The molecule has 3 nitrogen and oxygen atoms in total. The Balaban J connectivity index is 2.29. The molecule has 0 saturated heterocycles. The van der Waals surface area contributed by atoms with E-state index in [4.69, 9.17) is 22.7 Å². The van der Waals surface area contributed by atoms with Crippen LogP contribution in [0.4, 0.5) is 0 Å². The van der Waals surface area contributed by atoms with Gasteiger partial charge in [0, 0.05) is 5.69 Å². The molecule has 0 amide bonds. The molecule has 2 N–H and O–H groups in total. The molecule has 0 fully saturated rings. The first-order valence-corrected chi connectivity index (χ1v) is 6.93. The first kappa shape index (κ1) is 14.5. The van der Waals surface area contributed by atoms with Gasteiger partial charge in [0.1, 0.15) is 10.7 Å². The number of nitrogens with two attached hydrogens (primary N) is 1. The van der Waals surface area contributed by atoms with Gasteiger partial charge in [0.2, 0.25) is 5.88 Å². The van der Waals surface area contributed by atoms with Crippen molar-refractivity contribution in [3.05, 3.63) is 53.2 Å². The van der Waals surface area contributed by atoms with Crippen molar-refractivity contribution in [3.63, 3.8) is 0 Å². The van der Waals surface area contributed by atoms with Gasteiger partial charge in [0.15, 0.2) is 0 Å². The van der Waals surface area contributed by atoms with Gasteiger partial charge in [0.25, 0.3) is 0 Å². The Labute approximate surface area is 124 Å². The SMILES string of the molecule is Cc1ccc(C(N)=S)c(Oc2ccc(C(C)C)cc2)n1. The third-order valence-corrected chi connectivity index (χ3v) is 3.25. The number of ether oxygens (including phenoxy) is 1. The van der Waals surface area contributed by atoms with Crippen molar-refractivity contribution in [1.82, 2.24) is 4.98 Å². The summed E-state index contributed by atoms with van der Waals surface area (Å²) in [6, 6.07) is 11.7. The van der Waals surface area contributed by atoms with E-state index in [2.05, 4.69) is 31.0 Å². The van der Waals surface area contributed by atoms with Crippen molar-refractivity contribution >= 4 is 17.2 Å². The predicted octanol–water partition coefficient (Wildman–Crippen LogP) is 3.94. The van der Waals surface area contributed by atoms with Gasteiger partial charge >= 0.3 is 0 Å². The third kappa shape index (κ3) is 3.33. The van der Waals surface area contributed by atoms with Gasteiger partial charge in [-0.15, -0.1) is 0 Å². The highest BCUT2D eigenvalue weighted by atomic mass is 32.1. The maximum Gasteiger partial charge on any atom is 0.229 e. The maximum atomic E-state index is 5.81. The van der Waals surface area contributed by atoms with Gasteiger partial charge in [-0.2, -0.15) is 0 Å². The molecule has 0 spiro atoms. The number of nitrogens with zero attached hydrogens (tertiary/aromatic N) is 1. The zero-order valence-corrected chi connectivity index (χ0v) is 12.7. The van der Waals surface area contributed by atoms with Gasteiger partial charge in [-0.05, 0) is 42.7 Å². The summed E-state index contributed by atoms with van der Waals surface area (Å²) >= 11 is 5.02. The second-order valence-corrected chi connectivity index (χ2v) is 5.44. The monoisotopic (exact) mass is 286 g/mol. The van der Waals surface area contributed by atoms with Crippen molar-refractivity contribution in [2.24, 2.45) is 5.73 Å². The maximum absolute atomic E-state index is 5.81. The molecule has 0 saturated carbocycles. The van der Waals surface area contributed by atoms with E-state index in [0.29, 0.717) is 17.4 Å². The van der Waals surface area contributed by atoms with Crippen LogP contribution in [0.3, 0.4) is 0 Å². The summed E-state index contributed by atoms with van der Waals surface area (Å²) < 4.78 is 5.81. The van der Waals surface area contributed by atoms with E-state index < -0.39 is 0 Å². The van der Waals surface area contributed by atoms with E-state index in [1.807, 2.05) is 31.2 Å². The minimum Gasteiger partial charge on any atom is -0.438 e. The van der Waals surface area contributed by atoms with Crippen LogP contribution in [0.2, 0.25) is 0 Å². The highest BCUT2D eigenvalue weighted by Crippen LogP contribution is 2.25. The van der Waals surface area contributed by atoms with Crippen molar-refractivity contribution < 1.29 is 4.74 Å². The van der Waals surface area contributed by atoms with Crippen LogP contribution in [-0.2, 0) is 0 Å². The van der Waals surface area contributed by atoms with E-state index in [0.717, 1.165) is 11.4 Å². The molecule has 104 valence electrons. The number of hydrogen-bond acceptors (Lipinski definition) is 3. The third-order valence-electron chi connectivity index (χ3n) is 3.03. The van der Waals surface area contributed by atoms with Crippen molar-refractivity contribution in [3.8, 4) is 11.6 Å². The molecule has 1 heterocycles. The number of rotatable bonds is 4. The Morgan fingerprint density at radius 2 is 1.80 bits per heavy atom. The number of thiocarbonyl (C=S) groups is 1. The zero-order chi connectivity index (χ0) is 14.7. The summed E-state index contributed by atoms with van der Waals surface area (Å²) in [5.74, 6) is 1.67. The predicted molar refractivity (Wildman–Crippen MR) is 85.5 cm³/mol. The average molecular weight is 286 g/mol. The second-order valence-electron chi connectivity index (χ2n) is 5.00. The van der Waals surface area contributed by atoms with Gasteiger partial charge in [-0.3, -0.25) is 0 Å². The van der Waals surface area contributed by atoms with Crippen LogP contribution in [0, 0.1) is 6.92 Å². The first-order chi connectivity index (χ1) is 9.47. The lowest BCUT2D eigenvalue weighted by molar-refractivity contribution is 0.460. The summed E-state index contributed by atoms with van der Waals surface area (Å²) in [6.07, 6.45) is 0. The largest absolute Gasteiger partial charge is 0.438 e. The molecular weight excluding hydrogens is 268 g/mol. The van der Waals surface area contributed by atoms with Gasteiger partial charge in [-0.25, -0.2) is 4.98 Å². The van der Waals surface area contributed by atoms with E-state index in [1.165, 1.54) is 5.56 Å². The van der Waals surface area contributed by atoms with Crippen LogP contribution >= 0.6 is 12.2 Å². The van der Waals surface area contributed by atoms with Crippen LogP contribution in [0.25, 0.3) is 0 Å². The summed E-state index contributed by atoms with van der Waals surface area (Å²) in [5.41, 5.74) is 8.47. The van der Waals surface area contributed by atoms with E-state index in [-0.39, 0.29) is 4.99 Å². The van der Waals surface area contributed by atoms with Crippen molar-refractivity contribution in [1.29, 1.82) is 0 Å². The highest BCUT2D eigenvalue weighted by Gasteiger charge is 2.10. The summed E-state index contributed by atoms with van der Waals surface area (Å²) in [7, 11) is 0. The lowest BCUT2D eigenvalue weighted by atomic mass is 10.0. The van der Waals surface area contributed by atoms with Gasteiger partial charge in [-0.1, -0.05) is 38.2 Å². The molecule has 2 rings (SSSR count). The summed E-state index contributed by atoms with van der Waals surface area (Å²) in [4.78, 5) is 4.64. The Morgan fingerprint density at radius 3 is 2.35 bits per heavy atom. The number of aryl methyl sites for hydroxylation is 1. The fourth-order valence-corrected chi connectivity index (χ4v) is 1.99. The van der Waals surface area contributed by atoms with Crippen LogP contribution in [-0.4, -0.2) is 9.97 Å². The minimum atomic E-state index is 0.284. The number of pyridine rings is 1. The molecule has 20 heavy (non-hydrogen) atoms. The molecule has 0 aliphatic carbocycles. The molecule has 4 heteroatoms. The molecule has 0 bridgehead atoms. The summed E-state index contributed by atoms with van der Waals surface area (Å²) in [5, 5.41) is 0.